The Balaban J connectivity index is 1.62. The molecule has 3 aromatic rings. The average Bonchev–Trinajstić information content (AvgIpc) is 3.06. The van der Waals surface area contributed by atoms with E-state index in [1.807, 2.05) is 29.1 Å². The number of carbonyl (C=O) groups excluding carboxylic acids is 4. The predicted octanol–water partition coefficient (Wildman–Crippen LogP) is 3.48. The monoisotopic (exact) mass is 671 g/mol. The lowest BCUT2D eigenvalue weighted by Crippen LogP contribution is -2.58. The van der Waals surface area contributed by atoms with Crippen LogP contribution in [0.15, 0.2) is 84.9 Å². The number of carbonyl (C=O) groups is 4. The molecule has 3 atom stereocenters. The molecule has 0 aliphatic rings. The van der Waals surface area contributed by atoms with Gasteiger partial charge in [0, 0.05) is 6.42 Å². The fourth-order valence-corrected chi connectivity index (χ4v) is 4.65. The second kappa shape index (κ2) is 19.0. The van der Waals surface area contributed by atoms with Gasteiger partial charge in [-0.3, -0.25) is 19.8 Å². The van der Waals surface area contributed by atoms with E-state index in [1.54, 1.807) is 66.7 Å². The van der Waals surface area contributed by atoms with E-state index in [9.17, 15) is 32.3 Å². The first-order valence-electron chi connectivity index (χ1n) is 15.3. The zero-order valence-corrected chi connectivity index (χ0v) is 26.4. The molecule has 0 bridgehead atoms. The Kier molecular flexibility index (Phi) is 14.9. The molecule has 0 aromatic heterocycles. The Bertz CT molecular complexity index is 1480. The molecule has 1 unspecified atom stereocenters. The van der Waals surface area contributed by atoms with Crippen molar-refractivity contribution in [2.24, 2.45) is 5.73 Å². The summed E-state index contributed by atoms with van der Waals surface area (Å²) in [5, 5.41) is 4.87. The van der Waals surface area contributed by atoms with Crippen molar-refractivity contribution in [1.29, 1.82) is 0 Å². The Hall–Kier alpha value is -4.95. The first kappa shape index (κ1) is 37.5. The summed E-state index contributed by atoms with van der Waals surface area (Å²) in [7, 11) is 1.10. The van der Waals surface area contributed by atoms with E-state index in [0.717, 1.165) is 7.11 Å². The van der Waals surface area contributed by atoms with E-state index in [0.29, 0.717) is 42.0 Å². The van der Waals surface area contributed by atoms with Crippen molar-refractivity contribution in [3.8, 4) is 11.5 Å². The number of nitrogens with one attached hydrogen (secondary N) is 4. The van der Waals surface area contributed by atoms with Crippen molar-refractivity contribution in [3.63, 3.8) is 0 Å². The largest absolute Gasteiger partial charge is 0.467 e. The van der Waals surface area contributed by atoms with Crippen LogP contribution in [0.2, 0.25) is 0 Å². The summed E-state index contributed by atoms with van der Waals surface area (Å²) in [5.41, 5.74) is 10.7. The molecule has 0 fully saturated rings. The highest BCUT2D eigenvalue weighted by atomic mass is 19.4. The average molecular weight is 672 g/mol. The van der Waals surface area contributed by atoms with Gasteiger partial charge < -0.3 is 25.8 Å². The van der Waals surface area contributed by atoms with E-state index in [-0.39, 0.29) is 19.3 Å². The van der Waals surface area contributed by atoms with Crippen LogP contribution in [0, 0.1) is 0 Å². The number of amides is 3. The van der Waals surface area contributed by atoms with Gasteiger partial charge in [-0.2, -0.15) is 13.2 Å². The third kappa shape index (κ3) is 13.0. The first-order chi connectivity index (χ1) is 23.0. The molecule has 14 heteroatoms. The van der Waals surface area contributed by atoms with Crippen molar-refractivity contribution in [2.45, 2.75) is 62.8 Å². The molecular formula is C34H40F3N5O6. The molecule has 0 spiro atoms. The summed E-state index contributed by atoms with van der Waals surface area (Å²) in [6, 6.07) is 19.4. The number of benzene rings is 3. The number of hydrazine groups is 1. The Morgan fingerprint density at radius 2 is 1.42 bits per heavy atom. The van der Waals surface area contributed by atoms with Crippen LogP contribution < -0.4 is 32.0 Å². The van der Waals surface area contributed by atoms with Gasteiger partial charge in [0.1, 0.15) is 29.6 Å². The van der Waals surface area contributed by atoms with Gasteiger partial charge in [-0.25, -0.2) is 10.2 Å². The van der Waals surface area contributed by atoms with Crippen molar-refractivity contribution in [2.75, 3.05) is 13.7 Å². The molecule has 3 amide bonds. The number of hydrogen-bond acceptors (Lipinski definition) is 8. The highest BCUT2D eigenvalue weighted by Crippen LogP contribution is 2.23. The third-order valence-electron chi connectivity index (χ3n) is 7.10. The maximum absolute atomic E-state index is 13.9. The number of methoxy groups -OCH3 is 1. The van der Waals surface area contributed by atoms with Gasteiger partial charge in [0.2, 0.25) is 11.8 Å². The summed E-state index contributed by atoms with van der Waals surface area (Å²) in [6.07, 6.45) is -5.22. The molecular weight excluding hydrogens is 631 g/mol. The maximum atomic E-state index is 13.9. The summed E-state index contributed by atoms with van der Waals surface area (Å²) >= 11 is 0. The number of hydrogen-bond donors (Lipinski definition) is 5. The van der Waals surface area contributed by atoms with Crippen LogP contribution in [0.4, 0.5) is 13.2 Å². The lowest BCUT2D eigenvalue weighted by Gasteiger charge is -2.25. The summed E-state index contributed by atoms with van der Waals surface area (Å²) in [5.74, 6) is -2.31. The standard InChI is InChI=1S/C34H40F3N5O6/c1-47-33(46)28(20-23-11-4-2-5-12-23)40-31(44)22-29(34(35,36)37)41-42-32(45)27(17-8-9-18-38)39-30(43)21-24-13-10-16-26(19-24)48-25-14-6-3-7-15-25/h2-7,10-16,19,27-29,41H,8-9,17-18,20-22,38H2,1H3,(H,39,43)(H,40,44)(H,42,45)/t27-,28-,29?/m0/s1. The van der Waals surface area contributed by atoms with Crippen molar-refractivity contribution in [3.05, 3.63) is 96.1 Å². The van der Waals surface area contributed by atoms with Gasteiger partial charge in [0.05, 0.1) is 20.0 Å². The second-order valence-electron chi connectivity index (χ2n) is 10.9. The molecule has 0 radical (unpaired) electrons. The van der Waals surface area contributed by atoms with Gasteiger partial charge in [-0.1, -0.05) is 60.7 Å². The normalized spacial score (nSPS) is 13.0. The number of esters is 1. The van der Waals surface area contributed by atoms with Crippen molar-refractivity contribution < 1.29 is 41.8 Å². The molecule has 11 nitrogen and oxygen atoms in total. The first-order valence-corrected chi connectivity index (χ1v) is 15.3. The molecule has 258 valence electrons. The molecule has 3 aromatic carbocycles. The SMILES string of the molecule is COC(=O)[C@H](Cc1ccccc1)NC(=O)CC(NNC(=O)[C@H](CCCCN)NC(=O)Cc1cccc(Oc2ccccc2)c1)C(F)(F)F. The number of ether oxygens (including phenoxy) is 2. The fourth-order valence-electron chi connectivity index (χ4n) is 4.65. The Morgan fingerprint density at radius 1 is 0.792 bits per heavy atom. The van der Waals surface area contributed by atoms with E-state index < -0.39 is 54.4 Å². The summed E-state index contributed by atoms with van der Waals surface area (Å²) in [4.78, 5) is 50.9. The van der Waals surface area contributed by atoms with Crippen LogP contribution >= 0.6 is 0 Å². The summed E-state index contributed by atoms with van der Waals surface area (Å²) in [6.45, 7) is 0.316. The number of alkyl halides is 3. The predicted molar refractivity (Wildman–Crippen MR) is 171 cm³/mol. The van der Waals surface area contributed by atoms with Crippen molar-refractivity contribution >= 4 is 23.7 Å². The minimum atomic E-state index is -4.96. The van der Waals surface area contributed by atoms with Crippen LogP contribution in [0.5, 0.6) is 11.5 Å². The van der Waals surface area contributed by atoms with Crippen LogP contribution in [-0.4, -0.2) is 61.6 Å². The number of unbranched alkanes of at least 4 members (excludes halogenated alkanes) is 1. The van der Waals surface area contributed by atoms with E-state index in [1.165, 1.54) is 0 Å². The molecule has 6 N–H and O–H groups in total. The highest BCUT2D eigenvalue weighted by molar-refractivity contribution is 5.88. The zero-order chi connectivity index (χ0) is 34.9. The number of para-hydroxylation sites is 1. The van der Waals surface area contributed by atoms with Gasteiger partial charge in [-0.15, -0.1) is 0 Å². The minimum Gasteiger partial charge on any atom is -0.467 e. The Labute approximate surface area is 276 Å². The number of nitrogens with two attached hydrogens (primary N) is 1. The number of halogens is 3. The molecule has 3 rings (SSSR count). The molecule has 48 heavy (non-hydrogen) atoms. The van der Waals surface area contributed by atoms with E-state index >= 15 is 0 Å². The number of rotatable bonds is 18. The van der Waals surface area contributed by atoms with Gasteiger partial charge >= 0.3 is 12.1 Å². The molecule has 0 aliphatic carbocycles. The van der Waals surface area contributed by atoms with Crippen LogP contribution in [-0.2, 0) is 36.8 Å². The fraction of sp³-hybridized carbons (Fsp3) is 0.353. The van der Waals surface area contributed by atoms with Crippen molar-refractivity contribution in [1.82, 2.24) is 21.5 Å². The molecule has 0 saturated heterocycles. The molecule has 0 saturated carbocycles. The quantitative estimate of drug-likeness (QED) is 0.0781. The molecule has 0 aliphatic heterocycles. The van der Waals surface area contributed by atoms with Gasteiger partial charge in [-0.05, 0) is 61.2 Å². The van der Waals surface area contributed by atoms with Gasteiger partial charge in [0.25, 0.3) is 5.91 Å². The zero-order valence-electron chi connectivity index (χ0n) is 26.4. The lowest BCUT2D eigenvalue weighted by molar-refractivity contribution is -0.165. The molecule has 0 heterocycles. The topological polar surface area (TPSA) is 161 Å². The van der Waals surface area contributed by atoms with E-state index in [2.05, 4.69) is 10.6 Å². The van der Waals surface area contributed by atoms with Crippen LogP contribution in [0.1, 0.15) is 36.8 Å². The van der Waals surface area contributed by atoms with Crippen LogP contribution in [0.25, 0.3) is 0 Å². The minimum absolute atomic E-state index is 0.00533. The van der Waals surface area contributed by atoms with Gasteiger partial charge in [0.15, 0.2) is 0 Å². The maximum Gasteiger partial charge on any atom is 0.406 e. The van der Waals surface area contributed by atoms with Crippen LogP contribution in [0.3, 0.4) is 0 Å². The highest BCUT2D eigenvalue weighted by Gasteiger charge is 2.42. The Morgan fingerprint density at radius 3 is 2.06 bits per heavy atom. The smallest absolute Gasteiger partial charge is 0.406 e. The third-order valence-corrected chi connectivity index (χ3v) is 7.10. The second-order valence-corrected chi connectivity index (χ2v) is 10.9. The lowest BCUT2D eigenvalue weighted by atomic mass is 10.1. The summed E-state index contributed by atoms with van der Waals surface area (Å²) < 4.78 is 52.3. The van der Waals surface area contributed by atoms with E-state index in [4.69, 9.17) is 15.2 Å².